The molecule has 1 saturated carbocycles. The van der Waals surface area contributed by atoms with Gasteiger partial charge in [0.05, 0.1) is 12.5 Å². The second-order valence-corrected chi connectivity index (χ2v) is 5.35. The van der Waals surface area contributed by atoms with E-state index in [-0.39, 0.29) is 6.61 Å². The van der Waals surface area contributed by atoms with Crippen LogP contribution in [0.1, 0.15) is 12.8 Å². The van der Waals surface area contributed by atoms with Crippen LogP contribution >= 0.6 is 0 Å². The second-order valence-electron chi connectivity index (χ2n) is 5.35. The van der Waals surface area contributed by atoms with Crippen molar-refractivity contribution in [1.29, 1.82) is 0 Å². The van der Waals surface area contributed by atoms with E-state index >= 15 is 0 Å². The van der Waals surface area contributed by atoms with E-state index < -0.39 is 67.1 Å². The summed E-state index contributed by atoms with van der Waals surface area (Å²) >= 11 is 0. The zero-order valence-corrected chi connectivity index (χ0v) is 11.6. The number of fused-ring (bicyclic) bond motifs is 1. The van der Waals surface area contributed by atoms with Crippen LogP contribution < -0.4 is 0 Å². The summed E-state index contributed by atoms with van der Waals surface area (Å²) in [6, 6.07) is 0. The standard InChI is InChI=1S/C12H10F6O6/c13-11(14,15)9(20)23-6-1-4-3-22-8(19)5(4)2-7(6)24-10(21)12(16,17)18/h4-7H,1-3H2/t4-,5-,6+,7-/m0/s1. The second kappa shape index (κ2) is 6.13. The first-order valence-corrected chi connectivity index (χ1v) is 6.62. The van der Waals surface area contributed by atoms with Gasteiger partial charge >= 0.3 is 30.3 Å². The van der Waals surface area contributed by atoms with Gasteiger partial charge in [-0.3, -0.25) is 4.79 Å². The predicted octanol–water partition coefficient (Wildman–Crippen LogP) is 1.52. The summed E-state index contributed by atoms with van der Waals surface area (Å²) in [5.41, 5.74) is 0. The summed E-state index contributed by atoms with van der Waals surface area (Å²) in [6.45, 7) is -0.163. The van der Waals surface area contributed by atoms with Gasteiger partial charge in [0.2, 0.25) is 0 Å². The third-order valence-corrected chi connectivity index (χ3v) is 3.73. The molecule has 0 aromatic rings. The fourth-order valence-electron chi connectivity index (χ4n) is 2.63. The number of halogens is 6. The molecule has 0 bridgehead atoms. The van der Waals surface area contributed by atoms with E-state index in [0.717, 1.165) is 0 Å². The molecule has 136 valence electrons. The number of cyclic esters (lactones) is 1. The van der Waals surface area contributed by atoms with E-state index in [1.165, 1.54) is 0 Å². The molecule has 24 heavy (non-hydrogen) atoms. The van der Waals surface area contributed by atoms with Crippen molar-refractivity contribution in [3.05, 3.63) is 0 Å². The highest BCUT2D eigenvalue weighted by molar-refractivity contribution is 5.78. The molecule has 1 aliphatic heterocycles. The zero-order chi connectivity index (χ0) is 18.3. The molecule has 2 rings (SSSR count). The van der Waals surface area contributed by atoms with Crippen LogP contribution in [-0.4, -0.2) is 49.1 Å². The summed E-state index contributed by atoms with van der Waals surface area (Å²) in [6.07, 6.45) is -15.3. The fourth-order valence-corrected chi connectivity index (χ4v) is 2.63. The fraction of sp³-hybridized carbons (Fsp3) is 0.750. The minimum Gasteiger partial charge on any atom is -0.465 e. The van der Waals surface area contributed by atoms with E-state index in [2.05, 4.69) is 14.2 Å². The van der Waals surface area contributed by atoms with Crippen molar-refractivity contribution in [2.75, 3.05) is 6.61 Å². The Balaban J connectivity index is 2.15. The Kier molecular flexibility index (Phi) is 4.68. The summed E-state index contributed by atoms with van der Waals surface area (Å²) < 4.78 is 86.6. The zero-order valence-electron chi connectivity index (χ0n) is 11.6. The maximum Gasteiger partial charge on any atom is 0.490 e. The largest absolute Gasteiger partial charge is 0.490 e. The summed E-state index contributed by atoms with van der Waals surface area (Å²) in [4.78, 5) is 33.3. The van der Waals surface area contributed by atoms with Gasteiger partial charge in [0.1, 0.15) is 12.2 Å². The topological polar surface area (TPSA) is 78.9 Å². The number of alkyl halides is 6. The number of rotatable bonds is 2. The Morgan fingerprint density at radius 2 is 1.38 bits per heavy atom. The number of hydrogen-bond acceptors (Lipinski definition) is 6. The van der Waals surface area contributed by atoms with Gasteiger partial charge in [0, 0.05) is 12.3 Å². The van der Waals surface area contributed by atoms with Gasteiger partial charge in [-0.25, -0.2) is 9.59 Å². The lowest BCUT2D eigenvalue weighted by Gasteiger charge is -2.35. The van der Waals surface area contributed by atoms with Gasteiger partial charge < -0.3 is 14.2 Å². The Bertz CT molecular complexity index is 541. The number of esters is 3. The van der Waals surface area contributed by atoms with Crippen molar-refractivity contribution >= 4 is 17.9 Å². The van der Waals surface area contributed by atoms with Crippen molar-refractivity contribution in [3.63, 3.8) is 0 Å². The predicted molar refractivity (Wildman–Crippen MR) is 59.0 cm³/mol. The first-order chi connectivity index (χ1) is 10.9. The Labute approximate surface area is 130 Å². The van der Waals surface area contributed by atoms with E-state index in [1.807, 2.05) is 0 Å². The first-order valence-electron chi connectivity index (χ1n) is 6.62. The van der Waals surface area contributed by atoms with Crippen LogP contribution in [0, 0.1) is 11.8 Å². The molecule has 1 saturated heterocycles. The van der Waals surface area contributed by atoms with Crippen LogP contribution in [-0.2, 0) is 28.6 Å². The normalized spacial score (nSPS) is 30.3. The molecule has 2 aliphatic rings. The van der Waals surface area contributed by atoms with Gasteiger partial charge in [-0.2, -0.15) is 26.3 Å². The number of carbonyl (C=O) groups excluding carboxylic acids is 3. The molecule has 0 amide bonds. The van der Waals surface area contributed by atoms with Crippen molar-refractivity contribution in [1.82, 2.24) is 0 Å². The summed E-state index contributed by atoms with van der Waals surface area (Å²) in [7, 11) is 0. The molecule has 6 nitrogen and oxygen atoms in total. The van der Waals surface area contributed by atoms with Crippen LogP contribution in [0.15, 0.2) is 0 Å². The number of ether oxygens (including phenoxy) is 3. The monoisotopic (exact) mass is 364 g/mol. The third-order valence-electron chi connectivity index (χ3n) is 3.73. The SMILES string of the molecule is O=C1OC[C@@H]2C[C@@H](OC(=O)C(F)(F)F)[C@@H](OC(=O)C(F)(F)F)C[C@H]12. The van der Waals surface area contributed by atoms with Crippen LogP contribution in [0.2, 0.25) is 0 Å². The van der Waals surface area contributed by atoms with Crippen LogP contribution in [0.5, 0.6) is 0 Å². The minimum absolute atomic E-state index is 0.163. The Hall–Kier alpha value is -2.01. The van der Waals surface area contributed by atoms with Crippen LogP contribution in [0.3, 0.4) is 0 Å². The number of hydrogen-bond donors (Lipinski definition) is 0. The van der Waals surface area contributed by atoms with Gasteiger partial charge in [0.25, 0.3) is 0 Å². The summed E-state index contributed by atoms with van der Waals surface area (Å²) in [5, 5.41) is 0. The van der Waals surface area contributed by atoms with Crippen molar-refractivity contribution in [2.45, 2.75) is 37.4 Å². The van der Waals surface area contributed by atoms with E-state index in [0.29, 0.717) is 0 Å². The molecule has 4 atom stereocenters. The Morgan fingerprint density at radius 1 is 0.917 bits per heavy atom. The molecule has 0 aromatic carbocycles. The molecule has 0 radical (unpaired) electrons. The maximum absolute atomic E-state index is 12.3. The summed E-state index contributed by atoms with van der Waals surface area (Å²) in [5.74, 6) is -7.59. The molecule has 0 aromatic heterocycles. The highest BCUT2D eigenvalue weighted by Crippen LogP contribution is 2.39. The minimum atomic E-state index is -5.38. The molecule has 0 spiro atoms. The van der Waals surface area contributed by atoms with E-state index in [9.17, 15) is 40.7 Å². The quantitative estimate of drug-likeness (QED) is 0.420. The van der Waals surface area contributed by atoms with Crippen LogP contribution in [0.25, 0.3) is 0 Å². The van der Waals surface area contributed by atoms with Gasteiger partial charge in [-0.15, -0.1) is 0 Å². The van der Waals surface area contributed by atoms with Gasteiger partial charge in [-0.05, 0) is 6.42 Å². The average Bonchev–Trinajstić information content (AvgIpc) is 2.78. The van der Waals surface area contributed by atoms with Crippen molar-refractivity contribution in [2.24, 2.45) is 11.8 Å². The maximum atomic E-state index is 12.3. The molecular formula is C12H10F6O6. The lowest BCUT2D eigenvalue weighted by Crippen LogP contribution is -2.47. The lowest BCUT2D eigenvalue weighted by molar-refractivity contribution is -0.226. The number of carbonyl (C=O) groups is 3. The average molecular weight is 364 g/mol. The van der Waals surface area contributed by atoms with E-state index in [1.54, 1.807) is 0 Å². The molecule has 1 aliphatic carbocycles. The molecule has 12 heteroatoms. The molecule has 0 unspecified atom stereocenters. The van der Waals surface area contributed by atoms with Crippen LogP contribution in [0.4, 0.5) is 26.3 Å². The van der Waals surface area contributed by atoms with E-state index in [4.69, 9.17) is 0 Å². The first kappa shape index (κ1) is 18.3. The third kappa shape index (κ3) is 3.90. The molecule has 2 fully saturated rings. The molecule has 1 heterocycles. The highest BCUT2D eigenvalue weighted by Gasteiger charge is 2.52. The molecular weight excluding hydrogens is 354 g/mol. The lowest BCUT2D eigenvalue weighted by atomic mass is 9.78. The van der Waals surface area contributed by atoms with Crippen molar-refractivity contribution in [3.8, 4) is 0 Å². The highest BCUT2D eigenvalue weighted by atomic mass is 19.4. The smallest absolute Gasteiger partial charge is 0.465 e. The van der Waals surface area contributed by atoms with Gasteiger partial charge in [-0.1, -0.05) is 0 Å². The molecule has 0 N–H and O–H groups in total. The Morgan fingerprint density at radius 3 is 1.83 bits per heavy atom. The van der Waals surface area contributed by atoms with Crippen molar-refractivity contribution < 1.29 is 54.9 Å². The van der Waals surface area contributed by atoms with Gasteiger partial charge in [0.15, 0.2) is 0 Å².